The summed E-state index contributed by atoms with van der Waals surface area (Å²) in [5.41, 5.74) is 0. The largest absolute Gasteiger partial charge is 0.478 e. The van der Waals surface area contributed by atoms with Crippen molar-refractivity contribution in [1.82, 2.24) is 4.57 Å². The van der Waals surface area contributed by atoms with Gasteiger partial charge in [0.05, 0.1) is 6.20 Å². The van der Waals surface area contributed by atoms with E-state index in [2.05, 4.69) is 6.58 Å². The number of aromatic nitrogens is 2. The molecule has 0 bridgehead atoms. The third-order valence-corrected chi connectivity index (χ3v) is 1.24. The van der Waals surface area contributed by atoms with Crippen LogP contribution in [0.2, 0.25) is 0 Å². The third kappa shape index (κ3) is 1.93. The Morgan fingerprint density at radius 2 is 2.55 bits per heavy atom. The van der Waals surface area contributed by atoms with E-state index in [0.29, 0.717) is 0 Å². The molecule has 0 radical (unpaired) electrons. The van der Waals surface area contributed by atoms with Gasteiger partial charge in [-0.3, -0.25) is 0 Å². The van der Waals surface area contributed by atoms with Gasteiger partial charge in [0.15, 0.2) is 6.54 Å². The standard InChI is InChI=1S/C7H8N2O2/c1-2-8-3-4-9(6-8)5-7(10)11/h2-4,6H,1,5H2/p+1. The average Bonchev–Trinajstić information content (AvgIpc) is 2.34. The first-order chi connectivity index (χ1) is 5.22. The lowest BCUT2D eigenvalue weighted by atomic mass is 10.6. The quantitative estimate of drug-likeness (QED) is 0.619. The lowest BCUT2D eigenvalue weighted by molar-refractivity contribution is -0.684. The minimum absolute atomic E-state index is 0.0131. The van der Waals surface area contributed by atoms with E-state index in [1.165, 1.54) is 0 Å². The molecule has 4 nitrogen and oxygen atoms in total. The molecule has 1 heterocycles. The zero-order chi connectivity index (χ0) is 8.27. The van der Waals surface area contributed by atoms with E-state index in [1.807, 2.05) is 0 Å². The van der Waals surface area contributed by atoms with E-state index < -0.39 is 5.97 Å². The molecule has 0 atom stereocenters. The molecule has 0 spiro atoms. The third-order valence-electron chi connectivity index (χ3n) is 1.24. The average molecular weight is 153 g/mol. The van der Waals surface area contributed by atoms with E-state index >= 15 is 0 Å². The molecule has 0 aliphatic heterocycles. The molecule has 0 unspecified atom stereocenters. The second-order valence-electron chi connectivity index (χ2n) is 2.11. The van der Waals surface area contributed by atoms with Crippen LogP contribution in [0.5, 0.6) is 0 Å². The first-order valence-corrected chi connectivity index (χ1v) is 3.13. The Morgan fingerprint density at radius 1 is 1.82 bits per heavy atom. The van der Waals surface area contributed by atoms with Crippen molar-refractivity contribution in [2.75, 3.05) is 0 Å². The van der Waals surface area contributed by atoms with Gasteiger partial charge < -0.3 is 5.11 Å². The van der Waals surface area contributed by atoms with Crippen molar-refractivity contribution in [3.05, 3.63) is 25.3 Å². The van der Waals surface area contributed by atoms with Crippen LogP contribution in [0.15, 0.2) is 25.3 Å². The normalized spacial score (nSPS) is 9.45. The van der Waals surface area contributed by atoms with Gasteiger partial charge in [0.1, 0.15) is 12.4 Å². The van der Waals surface area contributed by atoms with Gasteiger partial charge in [-0.15, -0.1) is 0 Å². The van der Waals surface area contributed by atoms with Crippen LogP contribution >= 0.6 is 0 Å². The summed E-state index contributed by atoms with van der Waals surface area (Å²) in [4.78, 5) is 10.2. The summed E-state index contributed by atoms with van der Waals surface area (Å²) in [5.74, 6) is -0.850. The maximum Gasteiger partial charge on any atom is 0.346 e. The fraction of sp³-hybridized carbons (Fsp3) is 0.143. The highest BCUT2D eigenvalue weighted by molar-refractivity contribution is 5.64. The van der Waals surface area contributed by atoms with Crippen molar-refractivity contribution >= 4 is 12.2 Å². The molecule has 0 aromatic carbocycles. The maximum absolute atomic E-state index is 10.2. The molecule has 1 rings (SSSR count). The molecule has 1 aromatic heterocycles. The van der Waals surface area contributed by atoms with Crippen molar-refractivity contribution in [2.24, 2.45) is 0 Å². The van der Waals surface area contributed by atoms with Gasteiger partial charge in [-0.2, -0.15) is 0 Å². The van der Waals surface area contributed by atoms with Crippen LogP contribution in [0.25, 0.3) is 6.20 Å². The Balaban J connectivity index is 2.72. The molecule has 0 amide bonds. The summed E-state index contributed by atoms with van der Waals surface area (Å²) < 4.78 is 3.24. The second-order valence-corrected chi connectivity index (χ2v) is 2.11. The number of hydrogen-bond acceptors (Lipinski definition) is 1. The number of carbonyl (C=O) groups is 1. The molecule has 11 heavy (non-hydrogen) atoms. The minimum Gasteiger partial charge on any atom is -0.478 e. The highest BCUT2D eigenvalue weighted by atomic mass is 16.4. The van der Waals surface area contributed by atoms with Crippen molar-refractivity contribution in [3.8, 4) is 0 Å². The molecule has 4 heteroatoms. The molecule has 0 aliphatic rings. The second kappa shape index (κ2) is 3.01. The lowest BCUT2D eigenvalue weighted by Gasteiger charge is -1.86. The zero-order valence-corrected chi connectivity index (χ0v) is 5.97. The van der Waals surface area contributed by atoms with Crippen LogP contribution in [0, 0.1) is 0 Å². The Morgan fingerprint density at radius 3 is 3.00 bits per heavy atom. The number of hydrogen-bond donors (Lipinski definition) is 1. The molecule has 0 aliphatic carbocycles. The first-order valence-electron chi connectivity index (χ1n) is 3.13. The van der Waals surface area contributed by atoms with Crippen LogP contribution in [0.4, 0.5) is 0 Å². The number of imidazole rings is 1. The Kier molecular flexibility index (Phi) is 2.06. The summed E-state index contributed by atoms with van der Waals surface area (Å²) in [6.45, 7) is 3.51. The maximum atomic E-state index is 10.2. The summed E-state index contributed by atoms with van der Waals surface area (Å²) in [7, 11) is 0. The van der Waals surface area contributed by atoms with E-state index in [-0.39, 0.29) is 6.54 Å². The highest BCUT2D eigenvalue weighted by Crippen LogP contribution is 1.82. The SMILES string of the molecule is C=Cn1cc[n+](CC(=O)O)c1. The predicted molar refractivity (Wildman–Crippen MR) is 38.6 cm³/mol. The van der Waals surface area contributed by atoms with Crippen LogP contribution in [0.3, 0.4) is 0 Å². The summed E-state index contributed by atoms with van der Waals surface area (Å²) in [6, 6.07) is 0. The molecule has 1 aromatic rings. The van der Waals surface area contributed by atoms with Gasteiger partial charge >= 0.3 is 5.97 Å². The van der Waals surface area contributed by atoms with Crippen LogP contribution in [-0.4, -0.2) is 15.6 Å². The monoisotopic (exact) mass is 153 g/mol. The number of aliphatic carboxylic acids is 1. The predicted octanol–water partition coefficient (Wildman–Crippen LogP) is -0.0393. The van der Waals surface area contributed by atoms with Gasteiger partial charge in [-0.25, -0.2) is 13.9 Å². The van der Waals surface area contributed by atoms with Crippen LogP contribution in [-0.2, 0) is 11.3 Å². The van der Waals surface area contributed by atoms with Gasteiger partial charge in [-0.1, -0.05) is 6.58 Å². The Labute approximate surface area is 64.0 Å². The van der Waals surface area contributed by atoms with Crippen LogP contribution in [0.1, 0.15) is 0 Å². The molecule has 58 valence electrons. The summed E-state index contributed by atoms with van der Waals surface area (Å²) in [6.07, 6.45) is 6.66. The molecular weight excluding hydrogens is 144 g/mol. The smallest absolute Gasteiger partial charge is 0.346 e. The Bertz CT molecular complexity index is 278. The van der Waals surface area contributed by atoms with E-state index in [9.17, 15) is 4.79 Å². The number of carboxylic acid groups (broad SMARTS) is 1. The van der Waals surface area contributed by atoms with Crippen molar-refractivity contribution in [1.29, 1.82) is 0 Å². The number of carboxylic acids is 1. The van der Waals surface area contributed by atoms with Crippen LogP contribution < -0.4 is 4.57 Å². The van der Waals surface area contributed by atoms with Gasteiger partial charge in [0.2, 0.25) is 6.33 Å². The zero-order valence-electron chi connectivity index (χ0n) is 5.97. The topological polar surface area (TPSA) is 46.1 Å². The molecule has 0 saturated carbocycles. The van der Waals surface area contributed by atoms with Crippen molar-refractivity contribution in [2.45, 2.75) is 6.54 Å². The van der Waals surface area contributed by atoms with Crippen molar-refractivity contribution < 1.29 is 14.5 Å². The Hall–Kier alpha value is -1.58. The number of rotatable bonds is 3. The number of nitrogens with zero attached hydrogens (tertiary/aromatic N) is 2. The lowest BCUT2D eigenvalue weighted by Crippen LogP contribution is -2.35. The molecular formula is C7H9N2O2+. The van der Waals surface area contributed by atoms with E-state index in [1.54, 1.807) is 34.1 Å². The summed E-state index contributed by atoms with van der Waals surface area (Å²) >= 11 is 0. The van der Waals surface area contributed by atoms with Gasteiger partial charge in [0.25, 0.3) is 0 Å². The highest BCUT2D eigenvalue weighted by Gasteiger charge is 2.04. The molecule has 0 saturated heterocycles. The van der Waals surface area contributed by atoms with Gasteiger partial charge in [-0.05, 0) is 0 Å². The van der Waals surface area contributed by atoms with E-state index in [4.69, 9.17) is 5.11 Å². The minimum atomic E-state index is -0.850. The molecule has 1 N–H and O–H groups in total. The van der Waals surface area contributed by atoms with Crippen molar-refractivity contribution in [3.63, 3.8) is 0 Å². The fourth-order valence-electron chi connectivity index (χ4n) is 0.769. The summed E-state index contributed by atoms with van der Waals surface area (Å²) in [5, 5.41) is 8.39. The fourth-order valence-corrected chi connectivity index (χ4v) is 0.769. The van der Waals surface area contributed by atoms with Gasteiger partial charge in [0, 0.05) is 0 Å². The molecule has 0 fully saturated rings. The first kappa shape index (κ1) is 7.53. The van der Waals surface area contributed by atoms with E-state index in [0.717, 1.165) is 0 Å².